The molecule has 6 heteroatoms. The average molecular weight is 322 g/mol. The van der Waals surface area contributed by atoms with E-state index >= 15 is 0 Å². The van der Waals surface area contributed by atoms with Gasteiger partial charge in [-0.25, -0.2) is 4.68 Å². The molecule has 0 saturated carbocycles. The highest BCUT2D eigenvalue weighted by Crippen LogP contribution is 2.19. The number of ether oxygens (including phenoxy) is 1. The number of carbonyl (C=O) groups is 1. The van der Waals surface area contributed by atoms with Crippen molar-refractivity contribution < 1.29 is 9.53 Å². The number of hydrogen-bond acceptors (Lipinski definition) is 4. The normalized spacial score (nSPS) is 10.5. The molecule has 6 nitrogen and oxygen atoms in total. The van der Waals surface area contributed by atoms with Crippen molar-refractivity contribution in [3.8, 4) is 11.4 Å². The zero-order valence-corrected chi connectivity index (χ0v) is 13.8. The summed E-state index contributed by atoms with van der Waals surface area (Å²) in [4.78, 5) is 12.5. The molecule has 0 aliphatic heterocycles. The third-order valence-electron chi connectivity index (χ3n) is 3.80. The highest BCUT2D eigenvalue weighted by Gasteiger charge is 2.18. The number of aryl methyl sites for hydroxylation is 1. The van der Waals surface area contributed by atoms with Crippen LogP contribution in [-0.4, -0.2) is 28.0 Å². The van der Waals surface area contributed by atoms with Gasteiger partial charge >= 0.3 is 0 Å². The molecule has 0 atom stereocenters. The van der Waals surface area contributed by atoms with E-state index in [1.807, 2.05) is 62.4 Å². The molecule has 1 heterocycles. The molecule has 1 amide bonds. The fourth-order valence-corrected chi connectivity index (χ4v) is 2.42. The van der Waals surface area contributed by atoms with Gasteiger partial charge in [-0.2, -0.15) is 0 Å². The summed E-state index contributed by atoms with van der Waals surface area (Å²) in [5.74, 6) is 0.434. The second kappa shape index (κ2) is 6.54. The first kappa shape index (κ1) is 15.7. The van der Waals surface area contributed by atoms with Crippen molar-refractivity contribution in [3.05, 3.63) is 65.5 Å². The van der Waals surface area contributed by atoms with Crippen LogP contribution < -0.4 is 10.1 Å². The lowest BCUT2D eigenvalue weighted by atomic mass is 10.2. The molecule has 1 N–H and O–H groups in total. The van der Waals surface area contributed by atoms with Crippen LogP contribution in [0.4, 0.5) is 5.69 Å². The predicted molar refractivity (Wildman–Crippen MR) is 91.8 cm³/mol. The highest BCUT2D eigenvalue weighted by atomic mass is 16.5. The summed E-state index contributed by atoms with van der Waals surface area (Å²) in [6, 6.07) is 15.0. The SMILES string of the molecule is COc1cccc(-n2nnc(C(=O)Nc3ccccc3C)c2C)c1. The summed E-state index contributed by atoms with van der Waals surface area (Å²) >= 11 is 0. The van der Waals surface area contributed by atoms with E-state index in [1.54, 1.807) is 11.8 Å². The number of rotatable bonds is 4. The average Bonchev–Trinajstić information content (AvgIpc) is 2.98. The number of anilines is 1. The fraction of sp³-hybridized carbons (Fsp3) is 0.167. The Bertz CT molecular complexity index is 886. The van der Waals surface area contributed by atoms with Crippen molar-refractivity contribution >= 4 is 11.6 Å². The van der Waals surface area contributed by atoms with Crippen LogP contribution >= 0.6 is 0 Å². The van der Waals surface area contributed by atoms with Crippen molar-refractivity contribution in [1.82, 2.24) is 15.0 Å². The summed E-state index contributed by atoms with van der Waals surface area (Å²) in [6.07, 6.45) is 0. The number of nitrogens with one attached hydrogen (secondary N) is 1. The lowest BCUT2D eigenvalue weighted by molar-refractivity contribution is 0.102. The topological polar surface area (TPSA) is 69.0 Å². The van der Waals surface area contributed by atoms with Crippen LogP contribution in [-0.2, 0) is 0 Å². The van der Waals surface area contributed by atoms with Gasteiger partial charge in [-0.05, 0) is 37.6 Å². The molecule has 0 radical (unpaired) electrons. The van der Waals surface area contributed by atoms with Crippen molar-refractivity contribution in [1.29, 1.82) is 0 Å². The van der Waals surface area contributed by atoms with Crippen LogP contribution in [0, 0.1) is 13.8 Å². The lowest BCUT2D eigenvalue weighted by Gasteiger charge is -2.08. The quantitative estimate of drug-likeness (QED) is 0.801. The van der Waals surface area contributed by atoms with E-state index in [0.29, 0.717) is 17.1 Å². The first-order chi connectivity index (χ1) is 11.6. The molecule has 0 bridgehead atoms. The molecule has 24 heavy (non-hydrogen) atoms. The van der Waals surface area contributed by atoms with Crippen LogP contribution in [0.1, 0.15) is 21.7 Å². The minimum atomic E-state index is -0.282. The van der Waals surface area contributed by atoms with E-state index in [1.165, 1.54) is 0 Å². The van der Waals surface area contributed by atoms with Gasteiger partial charge in [-0.3, -0.25) is 4.79 Å². The van der Waals surface area contributed by atoms with Crippen LogP contribution in [0.5, 0.6) is 5.75 Å². The largest absolute Gasteiger partial charge is 0.497 e. The number of hydrogen-bond donors (Lipinski definition) is 1. The number of nitrogens with zero attached hydrogens (tertiary/aromatic N) is 3. The Hall–Kier alpha value is -3.15. The second-order valence-corrected chi connectivity index (χ2v) is 5.41. The van der Waals surface area contributed by atoms with Crippen molar-refractivity contribution in [2.75, 3.05) is 12.4 Å². The standard InChI is InChI=1S/C18H18N4O2/c1-12-7-4-5-10-16(12)19-18(23)17-13(2)22(21-20-17)14-8-6-9-15(11-14)24-3/h4-11H,1-3H3,(H,19,23). The number of carbonyl (C=O) groups excluding carboxylic acids is 1. The van der Waals surface area contributed by atoms with Gasteiger partial charge in [0.1, 0.15) is 5.75 Å². The molecule has 0 fully saturated rings. The van der Waals surface area contributed by atoms with Crippen molar-refractivity contribution in [2.45, 2.75) is 13.8 Å². The van der Waals surface area contributed by atoms with Gasteiger partial charge in [0.25, 0.3) is 5.91 Å². The van der Waals surface area contributed by atoms with Crippen LogP contribution in [0.15, 0.2) is 48.5 Å². The van der Waals surface area contributed by atoms with E-state index in [-0.39, 0.29) is 5.91 Å². The Morgan fingerprint density at radius 2 is 1.92 bits per heavy atom. The van der Waals surface area contributed by atoms with Gasteiger partial charge in [-0.15, -0.1) is 5.10 Å². The molecule has 122 valence electrons. The van der Waals surface area contributed by atoms with E-state index in [9.17, 15) is 4.79 Å². The molecule has 3 aromatic rings. The van der Waals surface area contributed by atoms with E-state index in [4.69, 9.17) is 4.74 Å². The Morgan fingerprint density at radius 3 is 2.67 bits per heavy atom. The molecular weight excluding hydrogens is 304 g/mol. The number of amides is 1. The maximum absolute atomic E-state index is 12.5. The van der Waals surface area contributed by atoms with Crippen molar-refractivity contribution in [3.63, 3.8) is 0 Å². The molecule has 0 unspecified atom stereocenters. The van der Waals surface area contributed by atoms with Crippen LogP contribution in [0.3, 0.4) is 0 Å². The Balaban J connectivity index is 1.89. The molecule has 0 aliphatic rings. The zero-order chi connectivity index (χ0) is 17.1. The molecule has 3 rings (SSSR count). The van der Waals surface area contributed by atoms with E-state index in [2.05, 4.69) is 15.6 Å². The van der Waals surface area contributed by atoms with E-state index < -0.39 is 0 Å². The minimum absolute atomic E-state index is 0.282. The minimum Gasteiger partial charge on any atom is -0.497 e. The number of para-hydroxylation sites is 1. The van der Waals surface area contributed by atoms with Gasteiger partial charge in [-0.1, -0.05) is 29.5 Å². The van der Waals surface area contributed by atoms with E-state index in [0.717, 1.165) is 16.9 Å². The maximum Gasteiger partial charge on any atom is 0.278 e. The summed E-state index contributed by atoms with van der Waals surface area (Å²) in [5, 5.41) is 11.0. The Labute approximate surface area is 140 Å². The molecule has 2 aromatic carbocycles. The lowest BCUT2D eigenvalue weighted by Crippen LogP contribution is -2.15. The van der Waals surface area contributed by atoms with Gasteiger partial charge in [0, 0.05) is 11.8 Å². The Kier molecular flexibility index (Phi) is 4.29. The summed E-state index contributed by atoms with van der Waals surface area (Å²) in [5.41, 5.74) is 3.49. The molecule has 0 spiro atoms. The second-order valence-electron chi connectivity index (χ2n) is 5.41. The van der Waals surface area contributed by atoms with Gasteiger partial charge in [0.15, 0.2) is 5.69 Å². The van der Waals surface area contributed by atoms with Gasteiger partial charge < -0.3 is 10.1 Å². The smallest absolute Gasteiger partial charge is 0.278 e. The van der Waals surface area contributed by atoms with Gasteiger partial charge in [0.2, 0.25) is 0 Å². The third-order valence-corrected chi connectivity index (χ3v) is 3.80. The number of benzene rings is 2. The number of methoxy groups -OCH3 is 1. The Morgan fingerprint density at radius 1 is 1.12 bits per heavy atom. The fourth-order valence-electron chi connectivity index (χ4n) is 2.42. The summed E-state index contributed by atoms with van der Waals surface area (Å²) in [7, 11) is 1.61. The predicted octanol–water partition coefficient (Wildman–Crippen LogP) is 3.15. The van der Waals surface area contributed by atoms with Gasteiger partial charge in [0.05, 0.1) is 18.5 Å². The molecule has 1 aromatic heterocycles. The molecule has 0 aliphatic carbocycles. The highest BCUT2D eigenvalue weighted by molar-refractivity contribution is 6.03. The monoisotopic (exact) mass is 322 g/mol. The van der Waals surface area contributed by atoms with Crippen LogP contribution in [0.2, 0.25) is 0 Å². The zero-order valence-electron chi connectivity index (χ0n) is 13.8. The first-order valence-electron chi connectivity index (χ1n) is 7.54. The summed E-state index contributed by atoms with van der Waals surface area (Å²) < 4.78 is 6.84. The maximum atomic E-state index is 12.5. The first-order valence-corrected chi connectivity index (χ1v) is 7.54. The van der Waals surface area contributed by atoms with Crippen LogP contribution in [0.25, 0.3) is 5.69 Å². The number of aromatic nitrogens is 3. The van der Waals surface area contributed by atoms with Crippen molar-refractivity contribution in [2.24, 2.45) is 0 Å². The molecule has 0 saturated heterocycles. The third kappa shape index (κ3) is 2.99. The summed E-state index contributed by atoms with van der Waals surface area (Å²) in [6.45, 7) is 3.75. The molecular formula is C18H18N4O2.